The van der Waals surface area contributed by atoms with Crippen molar-refractivity contribution in [2.24, 2.45) is 0 Å². The van der Waals surface area contributed by atoms with Crippen molar-refractivity contribution >= 4 is 23.2 Å². The number of rotatable bonds is 3. The second-order valence-corrected chi connectivity index (χ2v) is 4.10. The number of aromatic nitrogens is 1. The molecular formula is C13H12ClN3O2. The van der Waals surface area contributed by atoms with Crippen LogP contribution in [0.1, 0.15) is 10.5 Å². The number of hydrogen-bond acceptors (Lipinski definition) is 4. The summed E-state index contributed by atoms with van der Waals surface area (Å²) in [6.07, 6.45) is 1.46. The van der Waals surface area contributed by atoms with E-state index in [-0.39, 0.29) is 16.6 Å². The largest absolute Gasteiger partial charge is 0.456 e. The van der Waals surface area contributed by atoms with Gasteiger partial charge in [0.05, 0.1) is 0 Å². The Morgan fingerprint density at radius 3 is 2.89 bits per heavy atom. The molecule has 0 unspecified atom stereocenters. The molecule has 1 aromatic heterocycles. The third-order valence-corrected chi connectivity index (χ3v) is 2.75. The van der Waals surface area contributed by atoms with Crippen LogP contribution in [0.25, 0.3) is 0 Å². The summed E-state index contributed by atoms with van der Waals surface area (Å²) in [6, 6.07) is 8.50. The van der Waals surface area contributed by atoms with Gasteiger partial charge in [-0.05, 0) is 12.1 Å². The normalized spacial score (nSPS) is 10.0. The molecule has 0 aliphatic carbocycles. The Morgan fingerprint density at radius 1 is 1.42 bits per heavy atom. The number of nitrogens with one attached hydrogen (secondary N) is 1. The topological polar surface area (TPSA) is 77.2 Å². The van der Waals surface area contributed by atoms with Crippen LogP contribution >= 0.6 is 11.6 Å². The van der Waals surface area contributed by atoms with E-state index < -0.39 is 0 Å². The van der Waals surface area contributed by atoms with Crippen molar-refractivity contribution in [3.05, 3.63) is 47.2 Å². The van der Waals surface area contributed by atoms with Gasteiger partial charge in [0.15, 0.2) is 0 Å². The van der Waals surface area contributed by atoms with Crippen LogP contribution in [0.15, 0.2) is 36.5 Å². The van der Waals surface area contributed by atoms with E-state index >= 15 is 0 Å². The van der Waals surface area contributed by atoms with Gasteiger partial charge in [-0.25, -0.2) is 4.98 Å². The molecule has 0 saturated carbocycles. The van der Waals surface area contributed by atoms with Gasteiger partial charge in [-0.1, -0.05) is 17.7 Å². The molecule has 0 bridgehead atoms. The fraction of sp³-hybridized carbons (Fsp3) is 0.0769. The Kier molecular flexibility index (Phi) is 3.87. The maximum Gasteiger partial charge on any atom is 0.271 e. The first-order chi connectivity index (χ1) is 9.11. The summed E-state index contributed by atoms with van der Waals surface area (Å²) < 4.78 is 5.59. The first-order valence-electron chi connectivity index (χ1n) is 5.52. The molecule has 3 N–H and O–H groups in total. The number of pyridine rings is 1. The van der Waals surface area contributed by atoms with E-state index in [1.54, 1.807) is 30.3 Å². The Balaban J connectivity index is 2.33. The summed E-state index contributed by atoms with van der Waals surface area (Å²) in [5.41, 5.74) is 6.35. The zero-order chi connectivity index (χ0) is 13.8. The third kappa shape index (κ3) is 2.95. The van der Waals surface area contributed by atoms with Crippen molar-refractivity contribution in [3.63, 3.8) is 0 Å². The lowest BCUT2D eigenvalue weighted by Crippen LogP contribution is -2.19. The number of nitrogens with two attached hydrogens (primary N) is 1. The van der Waals surface area contributed by atoms with Crippen LogP contribution in [0.2, 0.25) is 5.02 Å². The standard InChI is InChI=1S/C13H12ClN3O2/c1-16-13(18)12-11(14)10(5-6-17-12)19-9-4-2-3-8(15)7-9/h2-7H,15H2,1H3,(H,16,18). The summed E-state index contributed by atoms with van der Waals surface area (Å²) in [5.74, 6) is 0.514. The lowest BCUT2D eigenvalue weighted by Gasteiger charge is -2.09. The summed E-state index contributed by atoms with van der Waals surface area (Å²) in [4.78, 5) is 15.5. The highest BCUT2D eigenvalue weighted by atomic mass is 35.5. The van der Waals surface area contributed by atoms with Gasteiger partial charge in [0.2, 0.25) is 0 Å². The van der Waals surface area contributed by atoms with E-state index in [0.717, 1.165) is 0 Å². The van der Waals surface area contributed by atoms with Gasteiger partial charge >= 0.3 is 0 Å². The molecule has 1 aromatic carbocycles. The summed E-state index contributed by atoms with van der Waals surface area (Å²) in [7, 11) is 1.51. The van der Waals surface area contributed by atoms with Gasteiger partial charge < -0.3 is 15.8 Å². The molecule has 0 atom stereocenters. The van der Waals surface area contributed by atoms with E-state index in [9.17, 15) is 4.79 Å². The summed E-state index contributed by atoms with van der Waals surface area (Å²) >= 11 is 6.09. The minimum absolute atomic E-state index is 0.116. The van der Waals surface area contributed by atoms with Crippen LogP contribution in [0.3, 0.4) is 0 Å². The molecule has 0 fully saturated rings. The van der Waals surface area contributed by atoms with Crippen molar-refractivity contribution < 1.29 is 9.53 Å². The van der Waals surface area contributed by atoms with E-state index in [1.165, 1.54) is 13.2 Å². The van der Waals surface area contributed by atoms with Crippen molar-refractivity contribution in [1.29, 1.82) is 0 Å². The number of carbonyl (C=O) groups excluding carboxylic acids is 1. The summed E-state index contributed by atoms with van der Waals surface area (Å²) in [5, 5.41) is 2.62. The number of halogens is 1. The molecule has 1 amide bonds. The fourth-order valence-electron chi connectivity index (χ4n) is 1.49. The molecule has 0 radical (unpaired) electrons. The van der Waals surface area contributed by atoms with Crippen molar-refractivity contribution in [2.75, 3.05) is 12.8 Å². The number of hydrogen-bond donors (Lipinski definition) is 2. The molecule has 1 heterocycles. The highest BCUT2D eigenvalue weighted by Crippen LogP contribution is 2.31. The Hall–Kier alpha value is -2.27. The number of ether oxygens (including phenoxy) is 1. The van der Waals surface area contributed by atoms with Crippen LogP contribution in [0.5, 0.6) is 11.5 Å². The SMILES string of the molecule is CNC(=O)c1nccc(Oc2cccc(N)c2)c1Cl. The van der Waals surface area contributed by atoms with Crippen LogP contribution in [0.4, 0.5) is 5.69 Å². The number of nitrogens with zero attached hydrogens (tertiary/aromatic N) is 1. The Bertz CT molecular complexity index is 617. The maximum atomic E-state index is 11.6. The van der Waals surface area contributed by atoms with Gasteiger partial charge in [-0.3, -0.25) is 4.79 Å². The lowest BCUT2D eigenvalue weighted by atomic mass is 10.3. The third-order valence-electron chi connectivity index (χ3n) is 2.38. The number of anilines is 1. The monoisotopic (exact) mass is 277 g/mol. The second kappa shape index (κ2) is 5.58. The Labute approximate surface area is 115 Å². The highest BCUT2D eigenvalue weighted by Gasteiger charge is 2.15. The molecule has 0 saturated heterocycles. The molecule has 98 valence electrons. The van der Waals surface area contributed by atoms with E-state index in [2.05, 4.69) is 10.3 Å². The smallest absolute Gasteiger partial charge is 0.271 e. The number of benzene rings is 1. The first kappa shape index (κ1) is 13.2. The van der Waals surface area contributed by atoms with Crippen LogP contribution in [-0.2, 0) is 0 Å². The minimum atomic E-state index is -0.372. The van der Waals surface area contributed by atoms with E-state index in [4.69, 9.17) is 22.1 Å². The van der Waals surface area contributed by atoms with Gasteiger partial charge in [-0.2, -0.15) is 0 Å². The predicted molar refractivity (Wildman–Crippen MR) is 73.6 cm³/mol. The van der Waals surface area contributed by atoms with Crippen molar-refractivity contribution in [1.82, 2.24) is 10.3 Å². The summed E-state index contributed by atoms with van der Waals surface area (Å²) in [6.45, 7) is 0. The second-order valence-electron chi connectivity index (χ2n) is 3.73. The predicted octanol–water partition coefficient (Wildman–Crippen LogP) is 2.47. The lowest BCUT2D eigenvalue weighted by molar-refractivity contribution is 0.0958. The maximum absolute atomic E-state index is 11.6. The molecule has 2 rings (SSSR count). The zero-order valence-electron chi connectivity index (χ0n) is 10.2. The molecular weight excluding hydrogens is 266 g/mol. The van der Waals surface area contributed by atoms with Crippen LogP contribution in [0, 0.1) is 0 Å². The fourth-order valence-corrected chi connectivity index (χ4v) is 1.72. The first-order valence-corrected chi connectivity index (χ1v) is 5.89. The molecule has 2 aromatic rings. The average Bonchev–Trinajstić information content (AvgIpc) is 2.40. The Morgan fingerprint density at radius 2 is 2.21 bits per heavy atom. The molecule has 19 heavy (non-hydrogen) atoms. The van der Waals surface area contributed by atoms with Gasteiger partial charge in [0.1, 0.15) is 22.2 Å². The van der Waals surface area contributed by atoms with Crippen LogP contribution < -0.4 is 15.8 Å². The van der Waals surface area contributed by atoms with Crippen molar-refractivity contribution in [3.8, 4) is 11.5 Å². The molecule has 0 aliphatic heterocycles. The van der Waals surface area contributed by atoms with Gasteiger partial charge in [0, 0.05) is 31.1 Å². The quantitative estimate of drug-likeness (QED) is 0.845. The molecule has 6 heteroatoms. The van der Waals surface area contributed by atoms with Gasteiger partial charge in [-0.15, -0.1) is 0 Å². The highest BCUT2D eigenvalue weighted by molar-refractivity contribution is 6.34. The number of carbonyl (C=O) groups is 1. The van der Waals surface area contributed by atoms with E-state index in [1.807, 2.05) is 0 Å². The van der Waals surface area contributed by atoms with Gasteiger partial charge in [0.25, 0.3) is 5.91 Å². The van der Waals surface area contributed by atoms with E-state index in [0.29, 0.717) is 17.2 Å². The van der Waals surface area contributed by atoms with Crippen LogP contribution in [-0.4, -0.2) is 17.9 Å². The molecule has 5 nitrogen and oxygen atoms in total. The average molecular weight is 278 g/mol. The number of amides is 1. The van der Waals surface area contributed by atoms with Crippen molar-refractivity contribution in [2.45, 2.75) is 0 Å². The zero-order valence-corrected chi connectivity index (χ0v) is 10.9. The number of nitrogen functional groups attached to an aromatic ring is 1. The molecule has 0 spiro atoms. The minimum Gasteiger partial charge on any atom is -0.456 e. The molecule has 0 aliphatic rings.